The maximum absolute atomic E-state index is 11.8. The first-order valence-electron chi connectivity index (χ1n) is 12.7. The third-order valence-corrected chi connectivity index (χ3v) is 7.88. The Morgan fingerprint density at radius 3 is 1.21 bits per heavy atom. The zero-order valence-electron chi connectivity index (χ0n) is 20.7. The van der Waals surface area contributed by atoms with Gasteiger partial charge in [-0.25, -0.2) is 9.59 Å². The average molecular weight is 523 g/mol. The molecule has 2 saturated carbocycles. The molecule has 2 heterocycles. The van der Waals surface area contributed by atoms with Crippen molar-refractivity contribution >= 4 is 24.1 Å². The van der Waals surface area contributed by atoms with E-state index in [0.717, 1.165) is 11.1 Å². The van der Waals surface area contributed by atoms with Crippen molar-refractivity contribution in [3.8, 4) is 0 Å². The van der Waals surface area contributed by atoms with Crippen LogP contribution in [-0.4, -0.2) is 70.3 Å². The Kier molecular flexibility index (Phi) is 7.22. The van der Waals surface area contributed by atoms with Gasteiger partial charge in [-0.3, -0.25) is 9.59 Å². The molecule has 0 radical (unpaired) electrons. The van der Waals surface area contributed by atoms with Crippen molar-refractivity contribution in [2.45, 2.75) is 13.2 Å². The van der Waals surface area contributed by atoms with Gasteiger partial charge in [-0.05, 0) is 34.8 Å². The monoisotopic (exact) mass is 522 g/mol. The SMILES string of the molecule is O=C(O)C1[C@H]2CN(C(=O)OCc3ccccc3)C[C@@H]12.O=C(O)C1[C@H]2CN(C(=O)OCc3ccccc3)C[C@@H]12. The van der Waals surface area contributed by atoms with Gasteiger partial charge < -0.3 is 29.5 Å². The van der Waals surface area contributed by atoms with Gasteiger partial charge in [0.05, 0.1) is 11.8 Å². The summed E-state index contributed by atoms with van der Waals surface area (Å²) in [6.07, 6.45) is -0.694. The molecule has 2 aliphatic carbocycles. The lowest BCUT2D eigenvalue weighted by molar-refractivity contribution is -0.140. The second-order valence-corrected chi connectivity index (χ2v) is 10.3. The van der Waals surface area contributed by atoms with Crippen LogP contribution in [0.15, 0.2) is 60.7 Å². The number of ether oxygens (including phenoxy) is 2. The Bertz CT molecular complexity index is 1070. The molecular formula is C28H30N2O8. The van der Waals surface area contributed by atoms with Crippen molar-refractivity contribution in [2.24, 2.45) is 35.5 Å². The third kappa shape index (κ3) is 5.58. The van der Waals surface area contributed by atoms with Crippen molar-refractivity contribution in [2.75, 3.05) is 26.2 Å². The van der Waals surface area contributed by atoms with Gasteiger partial charge in [-0.1, -0.05) is 60.7 Å². The molecule has 10 heteroatoms. The van der Waals surface area contributed by atoms with Crippen LogP contribution in [0.1, 0.15) is 11.1 Å². The van der Waals surface area contributed by atoms with Gasteiger partial charge in [0.25, 0.3) is 0 Å². The minimum atomic E-state index is -0.743. The minimum absolute atomic E-state index is 0.127. The lowest BCUT2D eigenvalue weighted by atomic mass is 10.2. The largest absolute Gasteiger partial charge is 0.481 e. The highest BCUT2D eigenvalue weighted by Crippen LogP contribution is 2.52. The first-order chi connectivity index (χ1) is 18.3. The molecule has 0 bridgehead atoms. The number of carboxylic acid groups (broad SMARTS) is 2. The van der Waals surface area contributed by atoms with Crippen LogP contribution < -0.4 is 0 Å². The second-order valence-electron chi connectivity index (χ2n) is 10.3. The van der Waals surface area contributed by atoms with Crippen LogP contribution in [0.25, 0.3) is 0 Å². The average Bonchev–Trinajstić information content (AvgIpc) is 3.67. The Morgan fingerprint density at radius 2 is 0.921 bits per heavy atom. The zero-order chi connectivity index (χ0) is 26.8. The van der Waals surface area contributed by atoms with E-state index in [1.54, 1.807) is 9.80 Å². The maximum Gasteiger partial charge on any atom is 0.410 e. The van der Waals surface area contributed by atoms with Crippen LogP contribution in [0.2, 0.25) is 0 Å². The van der Waals surface area contributed by atoms with E-state index in [0.29, 0.717) is 26.2 Å². The summed E-state index contributed by atoms with van der Waals surface area (Å²) in [4.78, 5) is 48.5. The Balaban J connectivity index is 0.000000155. The quantitative estimate of drug-likeness (QED) is 0.591. The van der Waals surface area contributed by atoms with Gasteiger partial charge in [0, 0.05) is 26.2 Å². The van der Waals surface area contributed by atoms with Gasteiger partial charge in [-0.15, -0.1) is 0 Å². The lowest BCUT2D eigenvalue weighted by Crippen LogP contribution is -2.32. The zero-order valence-corrected chi connectivity index (χ0v) is 20.7. The number of benzene rings is 2. The van der Waals surface area contributed by atoms with Crippen LogP contribution in [-0.2, 0) is 32.3 Å². The Morgan fingerprint density at radius 1 is 0.605 bits per heavy atom. The number of rotatable bonds is 6. The molecule has 0 aromatic heterocycles. The fourth-order valence-electron chi connectivity index (χ4n) is 5.70. The number of piperidine rings is 2. The Hall–Kier alpha value is -4.08. The molecule has 2 saturated heterocycles. The number of carbonyl (C=O) groups excluding carboxylic acids is 2. The minimum Gasteiger partial charge on any atom is -0.481 e. The second kappa shape index (κ2) is 10.7. The fraction of sp³-hybridized carbons (Fsp3) is 0.429. The summed E-state index contributed by atoms with van der Waals surface area (Å²) in [6, 6.07) is 19.0. The number of aliphatic carboxylic acids is 2. The molecule has 6 atom stereocenters. The summed E-state index contributed by atoms with van der Waals surface area (Å²) < 4.78 is 10.4. The third-order valence-electron chi connectivity index (χ3n) is 7.88. The van der Waals surface area contributed by atoms with Crippen molar-refractivity contribution in [1.29, 1.82) is 0 Å². The molecule has 200 valence electrons. The van der Waals surface area contributed by atoms with Gasteiger partial charge in [0.2, 0.25) is 0 Å². The summed E-state index contributed by atoms with van der Waals surface area (Å²) in [5.41, 5.74) is 1.90. The number of fused-ring (bicyclic) bond motifs is 2. The molecule has 4 fully saturated rings. The van der Waals surface area contributed by atoms with Crippen LogP contribution in [0.3, 0.4) is 0 Å². The van der Waals surface area contributed by atoms with Crippen molar-refractivity contribution in [1.82, 2.24) is 9.80 Å². The predicted octanol–water partition coefficient (Wildman–Crippen LogP) is 3.17. The van der Waals surface area contributed by atoms with E-state index >= 15 is 0 Å². The van der Waals surface area contributed by atoms with Crippen molar-refractivity contribution in [3.63, 3.8) is 0 Å². The molecule has 10 nitrogen and oxygen atoms in total. The topological polar surface area (TPSA) is 134 Å². The van der Waals surface area contributed by atoms with Gasteiger partial charge in [0.15, 0.2) is 0 Å². The van der Waals surface area contributed by atoms with Crippen LogP contribution in [0, 0.1) is 35.5 Å². The molecule has 4 aliphatic rings. The molecule has 2 N–H and O–H groups in total. The summed E-state index contributed by atoms with van der Waals surface area (Å²) in [5, 5.41) is 17.8. The normalized spacial score (nSPS) is 27.8. The summed E-state index contributed by atoms with van der Waals surface area (Å²) >= 11 is 0. The van der Waals surface area contributed by atoms with E-state index < -0.39 is 11.9 Å². The number of carbonyl (C=O) groups is 4. The van der Waals surface area contributed by atoms with E-state index in [1.807, 2.05) is 60.7 Å². The van der Waals surface area contributed by atoms with E-state index in [2.05, 4.69) is 0 Å². The van der Waals surface area contributed by atoms with Crippen molar-refractivity contribution < 1.29 is 38.9 Å². The highest BCUT2D eigenvalue weighted by atomic mass is 16.6. The smallest absolute Gasteiger partial charge is 0.410 e. The van der Waals surface area contributed by atoms with Crippen LogP contribution in [0.4, 0.5) is 9.59 Å². The molecule has 0 spiro atoms. The van der Waals surface area contributed by atoms with Gasteiger partial charge in [0.1, 0.15) is 13.2 Å². The molecule has 6 rings (SSSR count). The number of amides is 2. The number of hydrogen-bond acceptors (Lipinski definition) is 6. The molecule has 2 aromatic carbocycles. The van der Waals surface area contributed by atoms with E-state index in [9.17, 15) is 19.2 Å². The lowest BCUT2D eigenvalue weighted by Gasteiger charge is -2.18. The highest BCUT2D eigenvalue weighted by Gasteiger charge is 2.61. The van der Waals surface area contributed by atoms with E-state index in [-0.39, 0.29) is 60.9 Å². The highest BCUT2D eigenvalue weighted by molar-refractivity contribution is 5.77. The molecule has 2 aliphatic heterocycles. The number of nitrogens with zero attached hydrogens (tertiary/aromatic N) is 2. The standard InChI is InChI=1S/2C14H15NO4/c2*16-13(17)12-10-6-15(7-11(10)12)14(18)19-8-9-4-2-1-3-5-9/h2*1-5,10-12H,6-8H2,(H,16,17)/t2*10-,11+,12?. The number of carboxylic acids is 2. The van der Waals surface area contributed by atoms with Gasteiger partial charge >= 0.3 is 24.1 Å². The van der Waals surface area contributed by atoms with Crippen LogP contribution >= 0.6 is 0 Å². The van der Waals surface area contributed by atoms with E-state index in [4.69, 9.17) is 19.7 Å². The van der Waals surface area contributed by atoms with Crippen LogP contribution in [0.5, 0.6) is 0 Å². The first kappa shape index (κ1) is 25.6. The molecular weight excluding hydrogens is 492 g/mol. The summed E-state index contributed by atoms with van der Waals surface area (Å²) in [5.74, 6) is -1.48. The van der Waals surface area contributed by atoms with Crippen molar-refractivity contribution in [3.05, 3.63) is 71.8 Å². The number of hydrogen-bond donors (Lipinski definition) is 2. The molecule has 38 heavy (non-hydrogen) atoms. The maximum atomic E-state index is 11.8. The molecule has 2 aromatic rings. The molecule has 2 amide bonds. The molecule has 2 unspecified atom stereocenters. The number of likely N-dealkylation sites (tertiary alicyclic amines) is 2. The summed E-state index contributed by atoms with van der Waals surface area (Å²) in [7, 11) is 0. The first-order valence-corrected chi connectivity index (χ1v) is 12.7. The van der Waals surface area contributed by atoms with E-state index in [1.165, 1.54) is 0 Å². The predicted molar refractivity (Wildman–Crippen MR) is 133 cm³/mol. The fourth-order valence-corrected chi connectivity index (χ4v) is 5.70. The summed E-state index contributed by atoms with van der Waals surface area (Å²) in [6.45, 7) is 2.55. The van der Waals surface area contributed by atoms with Gasteiger partial charge in [-0.2, -0.15) is 0 Å². The Labute approximate surface area is 219 Å².